The van der Waals surface area contributed by atoms with Gasteiger partial charge in [0.05, 0.1) is 14.2 Å². The molecule has 0 saturated carbocycles. The highest BCUT2D eigenvalue weighted by Gasteiger charge is 2.09. The molecule has 0 radical (unpaired) electrons. The summed E-state index contributed by atoms with van der Waals surface area (Å²) in [6.07, 6.45) is 1.12. The minimum Gasteiger partial charge on any atom is -0.496 e. The van der Waals surface area contributed by atoms with Crippen molar-refractivity contribution in [3.63, 3.8) is 0 Å². The molecule has 0 aromatic heterocycles. The average molecular weight is 285 g/mol. The van der Waals surface area contributed by atoms with Gasteiger partial charge in [0.25, 0.3) is 0 Å². The zero-order chi connectivity index (χ0) is 15.1. The van der Waals surface area contributed by atoms with E-state index in [0.717, 1.165) is 47.7 Å². The normalized spacial score (nSPS) is 10.4. The lowest BCUT2D eigenvalue weighted by molar-refractivity contribution is 0.407. The maximum Gasteiger partial charge on any atom is 0.126 e. The number of rotatable bonds is 7. The van der Waals surface area contributed by atoms with Gasteiger partial charge in [-0.25, -0.2) is 0 Å². The molecule has 112 valence electrons. The third-order valence-corrected chi connectivity index (χ3v) is 3.44. The standard InChI is InChI=1S/C18H23NO2/c1-4-11-19-13-15-12-14(9-10-17(15)20-2)16-7-5-6-8-18(16)21-3/h5-10,12,19H,4,11,13H2,1-3H3. The van der Waals surface area contributed by atoms with Gasteiger partial charge in [0.2, 0.25) is 0 Å². The molecule has 3 nitrogen and oxygen atoms in total. The van der Waals surface area contributed by atoms with Crippen LogP contribution in [0.5, 0.6) is 11.5 Å². The summed E-state index contributed by atoms with van der Waals surface area (Å²) in [4.78, 5) is 0. The molecule has 0 heterocycles. The Hall–Kier alpha value is -2.00. The van der Waals surface area contributed by atoms with Gasteiger partial charge in [-0.2, -0.15) is 0 Å². The van der Waals surface area contributed by atoms with Crippen LogP contribution in [-0.4, -0.2) is 20.8 Å². The molecule has 0 atom stereocenters. The van der Waals surface area contributed by atoms with Crippen molar-refractivity contribution < 1.29 is 9.47 Å². The predicted molar refractivity (Wildman–Crippen MR) is 87.0 cm³/mol. The third kappa shape index (κ3) is 3.76. The molecule has 0 aliphatic rings. The zero-order valence-electron chi connectivity index (χ0n) is 13.0. The summed E-state index contributed by atoms with van der Waals surface area (Å²) in [7, 11) is 3.41. The van der Waals surface area contributed by atoms with Crippen LogP contribution in [0.2, 0.25) is 0 Å². The van der Waals surface area contributed by atoms with Crippen molar-refractivity contribution in [2.45, 2.75) is 19.9 Å². The van der Waals surface area contributed by atoms with E-state index in [1.54, 1.807) is 14.2 Å². The molecule has 0 fully saturated rings. The molecule has 0 bridgehead atoms. The highest BCUT2D eigenvalue weighted by atomic mass is 16.5. The summed E-state index contributed by atoms with van der Waals surface area (Å²) in [5.74, 6) is 1.80. The minimum absolute atomic E-state index is 0.806. The van der Waals surface area contributed by atoms with Gasteiger partial charge in [-0.1, -0.05) is 31.2 Å². The molecular weight excluding hydrogens is 262 g/mol. The van der Waals surface area contributed by atoms with E-state index in [0.29, 0.717) is 0 Å². The molecule has 21 heavy (non-hydrogen) atoms. The van der Waals surface area contributed by atoms with Crippen LogP contribution in [-0.2, 0) is 6.54 Å². The fraction of sp³-hybridized carbons (Fsp3) is 0.333. The van der Waals surface area contributed by atoms with Crippen molar-refractivity contribution in [3.05, 3.63) is 48.0 Å². The summed E-state index contributed by atoms with van der Waals surface area (Å²) in [5, 5.41) is 3.42. The van der Waals surface area contributed by atoms with Crippen LogP contribution in [0.4, 0.5) is 0 Å². The SMILES string of the molecule is CCCNCc1cc(-c2ccccc2OC)ccc1OC. The number of para-hydroxylation sites is 1. The Labute approximate surface area is 126 Å². The molecule has 1 N–H and O–H groups in total. The highest BCUT2D eigenvalue weighted by Crippen LogP contribution is 2.32. The summed E-state index contributed by atoms with van der Waals surface area (Å²) in [5.41, 5.74) is 3.40. The average Bonchev–Trinajstić information content (AvgIpc) is 2.55. The van der Waals surface area contributed by atoms with E-state index in [-0.39, 0.29) is 0 Å². The second kappa shape index (κ2) is 7.70. The van der Waals surface area contributed by atoms with Crippen LogP contribution in [0.3, 0.4) is 0 Å². The van der Waals surface area contributed by atoms with Crippen molar-refractivity contribution >= 4 is 0 Å². The second-order valence-corrected chi connectivity index (χ2v) is 4.90. The lowest BCUT2D eigenvalue weighted by Gasteiger charge is -2.13. The van der Waals surface area contributed by atoms with Crippen LogP contribution >= 0.6 is 0 Å². The van der Waals surface area contributed by atoms with E-state index in [2.05, 4.69) is 30.4 Å². The number of benzene rings is 2. The molecular formula is C18H23NO2. The first kappa shape index (κ1) is 15.4. The largest absolute Gasteiger partial charge is 0.496 e. The van der Waals surface area contributed by atoms with Crippen LogP contribution in [0, 0.1) is 0 Å². The van der Waals surface area contributed by atoms with Gasteiger partial charge in [0, 0.05) is 17.7 Å². The van der Waals surface area contributed by atoms with Crippen molar-refractivity contribution in [1.29, 1.82) is 0 Å². The maximum absolute atomic E-state index is 5.45. The first-order valence-electron chi connectivity index (χ1n) is 7.31. The van der Waals surface area contributed by atoms with Crippen molar-refractivity contribution in [2.75, 3.05) is 20.8 Å². The first-order valence-corrected chi connectivity index (χ1v) is 7.31. The smallest absolute Gasteiger partial charge is 0.126 e. The van der Waals surface area contributed by atoms with Gasteiger partial charge < -0.3 is 14.8 Å². The highest BCUT2D eigenvalue weighted by molar-refractivity contribution is 5.71. The Morgan fingerprint density at radius 1 is 0.952 bits per heavy atom. The van der Waals surface area contributed by atoms with Crippen LogP contribution in [0.25, 0.3) is 11.1 Å². The van der Waals surface area contributed by atoms with Crippen molar-refractivity contribution in [1.82, 2.24) is 5.32 Å². The van der Waals surface area contributed by atoms with Gasteiger partial charge in [0.15, 0.2) is 0 Å². The van der Waals surface area contributed by atoms with Crippen LogP contribution < -0.4 is 14.8 Å². The lowest BCUT2D eigenvalue weighted by Crippen LogP contribution is -2.14. The third-order valence-electron chi connectivity index (χ3n) is 3.44. The molecule has 0 amide bonds. The van der Waals surface area contributed by atoms with E-state index in [1.165, 1.54) is 0 Å². The van der Waals surface area contributed by atoms with Gasteiger partial charge in [0.1, 0.15) is 11.5 Å². The molecule has 0 unspecified atom stereocenters. The molecule has 2 aromatic rings. The first-order chi connectivity index (χ1) is 10.3. The summed E-state index contributed by atoms with van der Waals surface area (Å²) < 4.78 is 10.9. The number of ether oxygens (including phenoxy) is 2. The maximum atomic E-state index is 5.45. The molecule has 0 spiro atoms. The topological polar surface area (TPSA) is 30.5 Å². The van der Waals surface area contributed by atoms with Gasteiger partial charge in [-0.15, -0.1) is 0 Å². The number of hydrogen-bond donors (Lipinski definition) is 1. The monoisotopic (exact) mass is 285 g/mol. The molecule has 2 aromatic carbocycles. The quantitative estimate of drug-likeness (QED) is 0.783. The zero-order valence-corrected chi connectivity index (χ0v) is 13.0. The van der Waals surface area contributed by atoms with Crippen LogP contribution in [0.15, 0.2) is 42.5 Å². The Kier molecular flexibility index (Phi) is 5.64. The fourth-order valence-electron chi connectivity index (χ4n) is 2.37. The Morgan fingerprint density at radius 2 is 1.71 bits per heavy atom. The molecule has 0 aliphatic carbocycles. The minimum atomic E-state index is 0.806. The van der Waals surface area contributed by atoms with Gasteiger partial charge in [-0.3, -0.25) is 0 Å². The second-order valence-electron chi connectivity index (χ2n) is 4.90. The molecule has 2 rings (SSSR count). The van der Waals surface area contributed by atoms with Crippen molar-refractivity contribution in [3.8, 4) is 22.6 Å². The van der Waals surface area contributed by atoms with E-state index in [1.807, 2.05) is 24.3 Å². The molecule has 3 heteroatoms. The van der Waals surface area contributed by atoms with E-state index in [9.17, 15) is 0 Å². The number of nitrogens with one attached hydrogen (secondary N) is 1. The summed E-state index contributed by atoms with van der Waals surface area (Å²) in [6.45, 7) is 3.97. The predicted octanol–water partition coefficient (Wildman–Crippen LogP) is 3.87. The molecule has 0 saturated heterocycles. The number of methoxy groups -OCH3 is 2. The van der Waals surface area contributed by atoms with E-state index < -0.39 is 0 Å². The lowest BCUT2D eigenvalue weighted by atomic mass is 10.0. The summed E-state index contributed by atoms with van der Waals surface area (Å²) in [6, 6.07) is 14.3. The van der Waals surface area contributed by atoms with Crippen molar-refractivity contribution in [2.24, 2.45) is 0 Å². The number of hydrogen-bond acceptors (Lipinski definition) is 3. The van der Waals surface area contributed by atoms with Gasteiger partial charge >= 0.3 is 0 Å². The van der Waals surface area contributed by atoms with E-state index in [4.69, 9.17) is 9.47 Å². The Bertz CT molecular complexity index is 581. The van der Waals surface area contributed by atoms with Crippen LogP contribution in [0.1, 0.15) is 18.9 Å². The summed E-state index contributed by atoms with van der Waals surface area (Å²) >= 11 is 0. The Morgan fingerprint density at radius 3 is 2.43 bits per heavy atom. The van der Waals surface area contributed by atoms with Gasteiger partial charge in [-0.05, 0) is 36.7 Å². The fourth-order valence-corrected chi connectivity index (χ4v) is 2.37. The Balaban J connectivity index is 2.34. The van der Waals surface area contributed by atoms with E-state index >= 15 is 0 Å². The molecule has 0 aliphatic heterocycles.